The van der Waals surface area contributed by atoms with Gasteiger partial charge in [-0.25, -0.2) is 8.42 Å². The third kappa shape index (κ3) is 3.57. The highest BCUT2D eigenvalue weighted by molar-refractivity contribution is 7.89. The Balaban J connectivity index is 3.03. The SMILES string of the molecule is CCOCCN(C)S(=O)(=O)c1c(C)nn(CCN)c1C. The first kappa shape index (κ1) is 17.1. The molecule has 0 radical (unpaired) electrons. The molecule has 8 heteroatoms. The van der Waals surface area contributed by atoms with Crippen molar-refractivity contribution in [3.05, 3.63) is 11.4 Å². The zero-order chi connectivity index (χ0) is 15.3. The molecule has 0 aliphatic heterocycles. The Morgan fingerprint density at radius 2 is 2.05 bits per heavy atom. The van der Waals surface area contributed by atoms with Crippen molar-refractivity contribution >= 4 is 10.0 Å². The average molecular weight is 304 g/mol. The molecule has 1 rings (SSSR count). The summed E-state index contributed by atoms with van der Waals surface area (Å²) in [6.07, 6.45) is 0. The Kier molecular flexibility index (Phi) is 6.12. The summed E-state index contributed by atoms with van der Waals surface area (Å²) in [7, 11) is -2.00. The number of sulfonamides is 1. The summed E-state index contributed by atoms with van der Waals surface area (Å²) in [4.78, 5) is 0.268. The van der Waals surface area contributed by atoms with Crippen molar-refractivity contribution in [2.75, 3.05) is 33.4 Å². The number of likely N-dealkylation sites (N-methyl/N-ethyl adjacent to an activating group) is 1. The summed E-state index contributed by atoms with van der Waals surface area (Å²) in [6.45, 7) is 7.51. The van der Waals surface area contributed by atoms with Crippen molar-refractivity contribution in [1.82, 2.24) is 14.1 Å². The second-order valence-corrected chi connectivity index (χ2v) is 6.52. The fraction of sp³-hybridized carbons (Fsp3) is 0.750. The van der Waals surface area contributed by atoms with Crippen molar-refractivity contribution in [3.8, 4) is 0 Å². The van der Waals surface area contributed by atoms with Crippen molar-refractivity contribution in [1.29, 1.82) is 0 Å². The predicted molar refractivity (Wildman–Crippen MR) is 77.1 cm³/mol. The first-order valence-electron chi connectivity index (χ1n) is 6.64. The van der Waals surface area contributed by atoms with Crippen molar-refractivity contribution in [3.63, 3.8) is 0 Å². The summed E-state index contributed by atoms with van der Waals surface area (Å²) in [5.74, 6) is 0. The standard InChI is InChI=1S/C12H24N4O3S/c1-5-19-9-8-15(4)20(17,18)12-10(2)14-16(7-6-13)11(12)3/h5-9,13H2,1-4H3. The van der Waals surface area contributed by atoms with Gasteiger partial charge in [0.1, 0.15) is 4.90 Å². The van der Waals surface area contributed by atoms with E-state index in [1.165, 1.54) is 4.31 Å². The molecule has 1 heterocycles. The molecule has 116 valence electrons. The van der Waals surface area contributed by atoms with Crippen molar-refractivity contribution in [2.45, 2.75) is 32.2 Å². The van der Waals surface area contributed by atoms with Gasteiger partial charge in [0.15, 0.2) is 0 Å². The molecule has 0 saturated carbocycles. The van der Waals surface area contributed by atoms with Crippen LogP contribution in [0.2, 0.25) is 0 Å². The van der Waals surface area contributed by atoms with Gasteiger partial charge in [-0.05, 0) is 20.8 Å². The van der Waals surface area contributed by atoms with Crippen LogP contribution in [0.25, 0.3) is 0 Å². The molecule has 0 fully saturated rings. The topological polar surface area (TPSA) is 90.5 Å². The predicted octanol–water partition coefficient (Wildman–Crippen LogP) is 0.116. The fourth-order valence-electron chi connectivity index (χ4n) is 2.01. The number of ether oxygens (including phenoxy) is 1. The molecular weight excluding hydrogens is 280 g/mol. The summed E-state index contributed by atoms with van der Waals surface area (Å²) >= 11 is 0. The minimum Gasteiger partial charge on any atom is -0.380 e. The third-order valence-corrected chi connectivity index (χ3v) is 5.19. The number of nitrogens with zero attached hydrogens (tertiary/aromatic N) is 3. The van der Waals surface area contributed by atoms with E-state index < -0.39 is 10.0 Å². The molecule has 20 heavy (non-hydrogen) atoms. The van der Waals surface area contributed by atoms with Gasteiger partial charge < -0.3 is 10.5 Å². The maximum atomic E-state index is 12.6. The smallest absolute Gasteiger partial charge is 0.246 e. The normalized spacial score (nSPS) is 12.3. The van der Waals surface area contributed by atoms with Gasteiger partial charge in [-0.1, -0.05) is 0 Å². The summed E-state index contributed by atoms with van der Waals surface area (Å²) in [6, 6.07) is 0. The number of hydrogen-bond donors (Lipinski definition) is 1. The lowest BCUT2D eigenvalue weighted by molar-refractivity contribution is 0.138. The van der Waals surface area contributed by atoms with Gasteiger partial charge in [0, 0.05) is 26.7 Å². The quantitative estimate of drug-likeness (QED) is 0.689. The highest BCUT2D eigenvalue weighted by Gasteiger charge is 2.28. The van der Waals surface area contributed by atoms with E-state index in [1.54, 1.807) is 25.6 Å². The molecular formula is C12H24N4O3S. The van der Waals surface area contributed by atoms with Gasteiger partial charge in [0.25, 0.3) is 0 Å². The third-order valence-electron chi connectivity index (χ3n) is 3.08. The molecule has 0 spiro atoms. The summed E-state index contributed by atoms with van der Waals surface area (Å²) in [5, 5.41) is 4.24. The lowest BCUT2D eigenvalue weighted by Crippen LogP contribution is -2.31. The van der Waals surface area contributed by atoms with E-state index in [1.807, 2.05) is 6.92 Å². The van der Waals surface area contributed by atoms with E-state index >= 15 is 0 Å². The maximum Gasteiger partial charge on any atom is 0.246 e. The Hall–Kier alpha value is -0.960. The largest absolute Gasteiger partial charge is 0.380 e. The average Bonchev–Trinajstić information content (AvgIpc) is 2.65. The number of rotatable bonds is 8. The second kappa shape index (κ2) is 7.16. The number of nitrogens with two attached hydrogens (primary N) is 1. The van der Waals surface area contributed by atoms with Crippen LogP contribution < -0.4 is 5.73 Å². The fourth-order valence-corrected chi connectivity index (χ4v) is 3.53. The van der Waals surface area contributed by atoms with Crippen LogP contribution in [0.15, 0.2) is 4.90 Å². The Morgan fingerprint density at radius 3 is 2.60 bits per heavy atom. The molecule has 2 N–H and O–H groups in total. The molecule has 0 atom stereocenters. The number of aryl methyl sites for hydroxylation is 1. The molecule has 1 aromatic rings. The van der Waals surface area contributed by atoms with Crippen LogP contribution in [0, 0.1) is 13.8 Å². The molecule has 0 bridgehead atoms. The van der Waals surface area contributed by atoms with E-state index in [9.17, 15) is 8.42 Å². The highest BCUT2D eigenvalue weighted by Crippen LogP contribution is 2.22. The number of hydrogen-bond acceptors (Lipinski definition) is 5. The summed E-state index contributed by atoms with van der Waals surface area (Å²) in [5.41, 5.74) is 6.62. The van der Waals surface area contributed by atoms with Gasteiger partial charge in [-0.3, -0.25) is 4.68 Å². The van der Waals surface area contributed by atoms with Gasteiger partial charge in [-0.2, -0.15) is 9.40 Å². The molecule has 7 nitrogen and oxygen atoms in total. The second-order valence-electron chi connectivity index (χ2n) is 4.54. The van der Waals surface area contributed by atoms with Crippen LogP contribution in [0.5, 0.6) is 0 Å². The Labute approximate surface area is 120 Å². The van der Waals surface area contributed by atoms with Crippen LogP contribution in [-0.4, -0.2) is 55.9 Å². The van der Waals surface area contributed by atoms with E-state index in [0.29, 0.717) is 44.2 Å². The van der Waals surface area contributed by atoms with E-state index in [4.69, 9.17) is 10.5 Å². The van der Waals surface area contributed by atoms with Crippen LogP contribution in [-0.2, 0) is 21.3 Å². The lowest BCUT2D eigenvalue weighted by atomic mass is 10.4. The van der Waals surface area contributed by atoms with Gasteiger partial charge in [-0.15, -0.1) is 0 Å². The minimum atomic E-state index is -3.55. The van der Waals surface area contributed by atoms with Crippen LogP contribution in [0.1, 0.15) is 18.3 Å². The lowest BCUT2D eigenvalue weighted by Gasteiger charge is -2.17. The minimum absolute atomic E-state index is 0.268. The van der Waals surface area contributed by atoms with Crippen molar-refractivity contribution in [2.24, 2.45) is 5.73 Å². The van der Waals surface area contributed by atoms with E-state index in [0.717, 1.165) is 0 Å². The zero-order valence-corrected chi connectivity index (χ0v) is 13.4. The Bertz CT molecular complexity index is 539. The molecule has 0 saturated heterocycles. The molecule has 0 aliphatic carbocycles. The van der Waals surface area contributed by atoms with Crippen molar-refractivity contribution < 1.29 is 13.2 Å². The Morgan fingerprint density at radius 1 is 1.40 bits per heavy atom. The summed E-state index contributed by atoms with van der Waals surface area (Å²) < 4.78 is 33.3. The maximum absolute atomic E-state index is 12.6. The van der Waals surface area contributed by atoms with Gasteiger partial charge in [0.2, 0.25) is 10.0 Å². The first-order chi connectivity index (χ1) is 9.36. The molecule has 0 aromatic carbocycles. The van der Waals surface area contributed by atoms with E-state index in [-0.39, 0.29) is 4.90 Å². The van der Waals surface area contributed by atoms with Crippen LogP contribution in [0.4, 0.5) is 0 Å². The van der Waals surface area contributed by atoms with Gasteiger partial charge in [0.05, 0.1) is 24.5 Å². The van der Waals surface area contributed by atoms with Crippen LogP contribution in [0.3, 0.4) is 0 Å². The molecule has 1 aromatic heterocycles. The monoisotopic (exact) mass is 304 g/mol. The first-order valence-corrected chi connectivity index (χ1v) is 8.08. The molecule has 0 aliphatic rings. The number of aromatic nitrogens is 2. The molecule has 0 unspecified atom stereocenters. The van der Waals surface area contributed by atoms with E-state index in [2.05, 4.69) is 5.10 Å². The van der Waals surface area contributed by atoms with Gasteiger partial charge >= 0.3 is 0 Å². The zero-order valence-electron chi connectivity index (χ0n) is 12.6. The van der Waals surface area contributed by atoms with Crippen LogP contribution >= 0.6 is 0 Å². The molecule has 0 amide bonds. The highest BCUT2D eigenvalue weighted by atomic mass is 32.2.